The number of nitrogens with zero attached hydrogens (tertiary/aromatic N) is 3. The summed E-state index contributed by atoms with van der Waals surface area (Å²) in [7, 11) is 0. The zero-order chi connectivity index (χ0) is 18.5. The van der Waals surface area contributed by atoms with Gasteiger partial charge in [-0.15, -0.1) is 0 Å². The van der Waals surface area contributed by atoms with Gasteiger partial charge in [-0.1, -0.05) is 18.2 Å². The Morgan fingerprint density at radius 2 is 2.11 bits per heavy atom. The lowest BCUT2D eigenvalue weighted by Crippen LogP contribution is -2.48. The molecule has 3 heterocycles. The molecule has 1 atom stereocenters. The summed E-state index contributed by atoms with van der Waals surface area (Å²) >= 11 is 0. The smallest absolute Gasteiger partial charge is 0.222 e. The van der Waals surface area contributed by atoms with Crippen LogP contribution in [0, 0.1) is 0 Å². The number of amides is 1. The maximum atomic E-state index is 12.3. The van der Waals surface area contributed by atoms with Crippen LogP contribution in [0.5, 0.6) is 0 Å². The second kappa shape index (κ2) is 8.07. The van der Waals surface area contributed by atoms with E-state index in [-0.39, 0.29) is 11.9 Å². The molecule has 0 spiro atoms. The van der Waals surface area contributed by atoms with Crippen molar-refractivity contribution in [2.75, 3.05) is 29.9 Å². The highest BCUT2D eigenvalue weighted by Crippen LogP contribution is 2.25. The van der Waals surface area contributed by atoms with Crippen LogP contribution in [0.2, 0.25) is 0 Å². The second-order valence-electron chi connectivity index (χ2n) is 6.83. The van der Waals surface area contributed by atoms with Gasteiger partial charge in [0.15, 0.2) is 0 Å². The topological polar surface area (TPSA) is 85.9 Å². The number of hydrogen-bond acceptors (Lipinski definition) is 5. The number of fused-ring (bicyclic) bond motifs is 1. The van der Waals surface area contributed by atoms with Crippen LogP contribution in [0.3, 0.4) is 0 Å². The molecule has 27 heavy (non-hydrogen) atoms. The SMILES string of the molecule is O=C(CCNc1ccccc1)N[C@H]1CCCN(c2ncnc3[nH]ccc23)C1. The molecule has 7 nitrogen and oxygen atoms in total. The van der Waals surface area contributed by atoms with Crippen LogP contribution < -0.4 is 15.5 Å². The Hall–Kier alpha value is -3.09. The van der Waals surface area contributed by atoms with Crippen molar-refractivity contribution in [2.24, 2.45) is 0 Å². The largest absolute Gasteiger partial charge is 0.385 e. The van der Waals surface area contributed by atoms with Gasteiger partial charge in [0.05, 0.1) is 5.39 Å². The zero-order valence-electron chi connectivity index (χ0n) is 15.2. The second-order valence-corrected chi connectivity index (χ2v) is 6.83. The Morgan fingerprint density at radius 3 is 3.00 bits per heavy atom. The van der Waals surface area contributed by atoms with E-state index < -0.39 is 0 Å². The summed E-state index contributed by atoms with van der Waals surface area (Å²) in [6.45, 7) is 2.34. The standard InChI is InChI=1S/C20H24N6O/c27-18(9-11-21-15-5-2-1-3-6-15)25-16-7-4-12-26(13-16)20-17-8-10-22-19(17)23-14-24-20/h1-3,5-6,8,10,14,16,21H,4,7,9,11-13H2,(H,25,27)(H,22,23,24)/t16-/m0/s1. The minimum absolute atomic E-state index is 0.0831. The number of aromatic nitrogens is 3. The molecule has 1 saturated heterocycles. The first-order valence-electron chi connectivity index (χ1n) is 9.41. The van der Waals surface area contributed by atoms with E-state index in [0.717, 1.165) is 48.5 Å². The number of para-hydroxylation sites is 1. The first kappa shape index (κ1) is 17.3. The Balaban J connectivity index is 1.30. The van der Waals surface area contributed by atoms with Crippen molar-refractivity contribution >= 4 is 28.4 Å². The van der Waals surface area contributed by atoms with Crippen LogP contribution in [-0.4, -0.2) is 46.5 Å². The molecule has 1 aliphatic heterocycles. The summed E-state index contributed by atoms with van der Waals surface area (Å²) in [4.78, 5) is 26.4. The minimum atomic E-state index is 0.0831. The molecule has 3 aromatic rings. The van der Waals surface area contributed by atoms with Crippen molar-refractivity contribution in [3.63, 3.8) is 0 Å². The van der Waals surface area contributed by atoms with Gasteiger partial charge in [-0.25, -0.2) is 9.97 Å². The van der Waals surface area contributed by atoms with Gasteiger partial charge in [-0.3, -0.25) is 4.79 Å². The van der Waals surface area contributed by atoms with Crippen molar-refractivity contribution in [2.45, 2.75) is 25.3 Å². The molecule has 0 bridgehead atoms. The Bertz CT molecular complexity index is 894. The highest BCUT2D eigenvalue weighted by molar-refractivity contribution is 5.87. The van der Waals surface area contributed by atoms with Crippen LogP contribution in [0.15, 0.2) is 48.9 Å². The van der Waals surface area contributed by atoms with Crippen LogP contribution in [0.1, 0.15) is 19.3 Å². The third kappa shape index (κ3) is 4.19. The van der Waals surface area contributed by atoms with Gasteiger partial charge in [-0.05, 0) is 31.0 Å². The van der Waals surface area contributed by atoms with Crippen LogP contribution in [0.25, 0.3) is 11.0 Å². The molecule has 4 rings (SSSR count). The first-order chi connectivity index (χ1) is 13.3. The maximum absolute atomic E-state index is 12.3. The fraction of sp³-hybridized carbons (Fsp3) is 0.350. The van der Waals surface area contributed by atoms with E-state index in [0.29, 0.717) is 13.0 Å². The Morgan fingerprint density at radius 1 is 1.22 bits per heavy atom. The average molecular weight is 364 g/mol. The third-order valence-electron chi connectivity index (χ3n) is 4.87. The fourth-order valence-electron chi connectivity index (χ4n) is 3.57. The van der Waals surface area contributed by atoms with Gasteiger partial charge >= 0.3 is 0 Å². The Kier molecular flexibility index (Phi) is 5.18. The van der Waals surface area contributed by atoms with Gasteiger partial charge in [0.25, 0.3) is 0 Å². The summed E-state index contributed by atoms with van der Waals surface area (Å²) in [6.07, 6.45) is 5.96. The van der Waals surface area contributed by atoms with Crippen LogP contribution in [0.4, 0.5) is 11.5 Å². The molecule has 1 aliphatic rings. The molecule has 1 fully saturated rings. The molecule has 1 amide bonds. The monoisotopic (exact) mass is 364 g/mol. The van der Waals surface area contributed by atoms with Crippen molar-refractivity contribution < 1.29 is 4.79 Å². The number of anilines is 2. The summed E-state index contributed by atoms with van der Waals surface area (Å²) in [5, 5.41) is 7.47. The van der Waals surface area contributed by atoms with E-state index in [9.17, 15) is 4.79 Å². The number of nitrogens with one attached hydrogen (secondary N) is 3. The van der Waals surface area contributed by atoms with E-state index >= 15 is 0 Å². The van der Waals surface area contributed by atoms with Crippen molar-refractivity contribution in [3.8, 4) is 0 Å². The molecule has 3 N–H and O–H groups in total. The van der Waals surface area contributed by atoms with Gasteiger partial charge in [-0.2, -0.15) is 0 Å². The molecular formula is C20H24N6O. The summed E-state index contributed by atoms with van der Waals surface area (Å²) in [6, 6.07) is 12.1. The quantitative estimate of drug-likeness (QED) is 0.626. The number of piperidine rings is 1. The number of carbonyl (C=O) groups is 1. The average Bonchev–Trinajstić information content (AvgIpc) is 3.18. The van der Waals surface area contributed by atoms with Crippen LogP contribution in [-0.2, 0) is 4.79 Å². The molecule has 1 aromatic carbocycles. The number of hydrogen-bond donors (Lipinski definition) is 3. The number of benzene rings is 1. The minimum Gasteiger partial charge on any atom is -0.385 e. The van der Waals surface area contributed by atoms with Crippen LogP contribution >= 0.6 is 0 Å². The number of carbonyl (C=O) groups excluding carboxylic acids is 1. The fourth-order valence-corrected chi connectivity index (χ4v) is 3.57. The molecule has 0 radical (unpaired) electrons. The predicted octanol–water partition coefficient (Wildman–Crippen LogP) is 2.55. The highest BCUT2D eigenvalue weighted by atomic mass is 16.1. The predicted molar refractivity (Wildman–Crippen MR) is 107 cm³/mol. The highest BCUT2D eigenvalue weighted by Gasteiger charge is 2.23. The number of rotatable bonds is 6. The lowest BCUT2D eigenvalue weighted by molar-refractivity contribution is -0.121. The van der Waals surface area contributed by atoms with E-state index in [1.807, 2.05) is 42.6 Å². The van der Waals surface area contributed by atoms with Gasteiger partial charge in [0.2, 0.25) is 5.91 Å². The maximum Gasteiger partial charge on any atom is 0.222 e. The first-order valence-corrected chi connectivity index (χ1v) is 9.41. The number of aromatic amines is 1. The summed E-state index contributed by atoms with van der Waals surface area (Å²) in [5.41, 5.74) is 1.88. The molecule has 0 aliphatic carbocycles. The molecule has 0 unspecified atom stereocenters. The van der Waals surface area contributed by atoms with Crippen molar-refractivity contribution in [1.82, 2.24) is 20.3 Å². The lowest BCUT2D eigenvalue weighted by atomic mass is 10.1. The van der Waals surface area contributed by atoms with E-state index in [2.05, 4.69) is 30.5 Å². The van der Waals surface area contributed by atoms with Gasteiger partial charge in [0, 0.05) is 44.0 Å². The van der Waals surface area contributed by atoms with Gasteiger partial charge in [0.1, 0.15) is 17.8 Å². The lowest BCUT2D eigenvalue weighted by Gasteiger charge is -2.34. The molecule has 2 aromatic heterocycles. The third-order valence-corrected chi connectivity index (χ3v) is 4.87. The van der Waals surface area contributed by atoms with E-state index in [1.165, 1.54) is 0 Å². The molecule has 0 saturated carbocycles. The van der Waals surface area contributed by atoms with Crippen molar-refractivity contribution in [1.29, 1.82) is 0 Å². The van der Waals surface area contributed by atoms with Crippen molar-refractivity contribution in [3.05, 3.63) is 48.9 Å². The zero-order valence-corrected chi connectivity index (χ0v) is 15.2. The van der Waals surface area contributed by atoms with E-state index in [4.69, 9.17) is 0 Å². The Labute approximate surface area is 158 Å². The molecule has 7 heteroatoms. The summed E-state index contributed by atoms with van der Waals surface area (Å²) in [5.74, 6) is 1.02. The molecular weight excluding hydrogens is 340 g/mol. The molecule has 140 valence electrons. The van der Waals surface area contributed by atoms with Gasteiger partial charge < -0.3 is 20.5 Å². The summed E-state index contributed by atoms with van der Waals surface area (Å²) < 4.78 is 0. The normalized spacial score (nSPS) is 17.0. The van der Waals surface area contributed by atoms with E-state index in [1.54, 1.807) is 6.33 Å². The number of H-pyrrole nitrogens is 1.